The fourth-order valence-corrected chi connectivity index (χ4v) is 2.87. The lowest BCUT2D eigenvalue weighted by Crippen LogP contribution is -2.19. The van der Waals surface area contributed by atoms with Crippen molar-refractivity contribution >= 4 is 33.0 Å². The fraction of sp³-hybridized carbons (Fsp3) is 0.500. The van der Waals surface area contributed by atoms with Gasteiger partial charge in [-0.2, -0.15) is 0 Å². The zero-order valence-corrected chi connectivity index (χ0v) is 11.9. The molecule has 1 aromatic carbocycles. The molecule has 0 bridgehead atoms. The van der Waals surface area contributed by atoms with E-state index >= 15 is 0 Å². The maximum absolute atomic E-state index is 11.6. The summed E-state index contributed by atoms with van der Waals surface area (Å²) in [6.07, 6.45) is 2.36. The van der Waals surface area contributed by atoms with Gasteiger partial charge in [0.25, 0.3) is 0 Å². The van der Waals surface area contributed by atoms with Crippen molar-refractivity contribution in [1.82, 2.24) is 0 Å². The largest absolute Gasteiger partial charge is 0.371 e. The summed E-state index contributed by atoms with van der Waals surface area (Å²) in [7, 11) is -3.29. The first-order valence-corrected chi connectivity index (χ1v) is 8.10. The first-order valence-electron chi connectivity index (χ1n) is 6.07. The van der Waals surface area contributed by atoms with E-state index in [1.54, 1.807) is 19.1 Å². The van der Waals surface area contributed by atoms with Crippen LogP contribution in [0.3, 0.4) is 0 Å². The number of nitrogens with zero attached hydrogens (tertiary/aromatic N) is 1. The maximum atomic E-state index is 11.6. The predicted molar refractivity (Wildman–Crippen MR) is 76.0 cm³/mol. The summed E-state index contributed by atoms with van der Waals surface area (Å²) in [4.78, 5) is 2.24. The quantitative estimate of drug-likeness (QED) is 0.927. The Morgan fingerprint density at radius 2 is 2.00 bits per heavy atom. The molecule has 1 aromatic rings. The molecule has 0 aromatic heterocycles. The van der Waals surface area contributed by atoms with Gasteiger partial charge in [0.2, 0.25) is 10.0 Å². The van der Waals surface area contributed by atoms with E-state index in [1.807, 2.05) is 6.07 Å². The molecule has 1 fully saturated rings. The summed E-state index contributed by atoms with van der Waals surface area (Å²) >= 11 is 6.02. The summed E-state index contributed by atoms with van der Waals surface area (Å²) in [5, 5.41) is 0.426. The molecule has 0 spiro atoms. The van der Waals surface area contributed by atoms with Crippen molar-refractivity contribution in [3.8, 4) is 0 Å². The normalized spacial score (nSPS) is 16.0. The van der Waals surface area contributed by atoms with E-state index in [9.17, 15) is 8.42 Å². The highest BCUT2D eigenvalue weighted by molar-refractivity contribution is 7.92. The molecular weight excluding hydrogens is 272 g/mol. The zero-order valence-electron chi connectivity index (χ0n) is 10.3. The lowest BCUT2D eigenvalue weighted by molar-refractivity contribution is 0.602. The van der Waals surface area contributed by atoms with Crippen molar-refractivity contribution in [2.75, 3.05) is 28.5 Å². The van der Waals surface area contributed by atoms with E-state index < -0.39 is 10.0 Å². The minimum Gasteiger partial charge on any atom is -0.371 e. The molecule has 0 aliphatic carbocycles. The molecule has 1 aliphatic heterocycles. The number of sulfonamides is 1. The third-order valence-electron chi connectivity index (χ3n) is 3.07. The Hall–Kier alpha value is -0.940. The van der Waals surface area contributed by atoms with Crippen molar-refractivity contribution in [1.29, 1.82) is 0 Å². The van der Waals surface area contributed by atoms with Gasteiger partial charge in [-0.25, -0.2) is 8.42 Å². The van der Waals surface area contributed by atoms with E-state index in [1.165, 1.54) is 12.8 Å². The van der Waals surface area contributed by atoms with Gasteiger partial charge in [0.1, 0.15) is 0 Å². The van der Waals surface area contributed by atoms with Crippen molar-refractivity contribution < 1.29 is 8.42 Å². The van der Waals surface area contributed by atoms with Gasteiger partial charge >= 0.3 is 0 Å². The van der Waals surface area contributed by atoms with Gasteiger partial charge in [-0.05, 0) is 38.0 Å². The van der Waals surface area contributed by atoms with Crippen LogP contribution in [-0.2, 0) is 10.0 Å². The van der Waals surface area contributed by atoms with Crippen molar-refractivity contribution in [2.45, 2.75) is 19.8 Å². The molecule has 4 nitrogen and oxygen atoms in total. The molecule has 1 aliphatic rings. The number of nitrogens with one attached hydrogen (secondary N) is 1. The summed E-state index contributed by atoms with van der Waals surface area (Å²) in [5.74, 6) is 0.0390. The minimum atomic E-state index is -3.29. The van der Waals surface area contributed by atoms with Crippen molar-refractivity contribution in [3.05, 3.63) is 23.2 Å². The van der Waals surface area contributed by atoms with E-state index in [0.29, 0.717) is 10.7 Å². The molecule has 18 heavy (non-hydrogen) atoms. The van der Waals surface area contributed by atoms with Gasteiger partial charge in [0.15, 0.2) is 0 Å². The lowest BCUT2D eigenvalue weighted by atomic mass is 10.2. The molecule has 1 heterocycles. The average Bonchev–Trinajstić information content (AvgIpc) is 2.85. The second-order valence-electron chi connectivity index (χ2n) is 4.36. The number of rotatable bonds is 4. The highest BCUT2D eigenvalue weighted by atomic mass is 35.5. The second kappa shape index (κ2) is 5.36. The van der Waals surface area contributed by atoms with Crippen LogP contribution in [0.25, 0.3) is 0 Å². The van der Waals surface area contributed by atoms with Gasteiger partial charge in [-0.1, -0.05) is 11.6 Å². The van der Waals surface area contributed by atoms with Crippen molar-refractivity contribution in [3.63, 3.8) is 0 Å². The van der Waals surface area contributed by atoms with Gasteiger partial charge in [0, 0.05) is 18.8 Å². The van der Waals surface area contributed by atoms with Crippen LogP contribution in [0.2, 0.25) is 5.02 Å². The number of benzene rings is 1. The van der Waals surface area contributed by atoms with Crippen molar-refractivity contribution in [2.24, 2.45) is 0 Å². The molecule has 6 heteroatoms. The summed E-state index contributed by atoms with van der Waals surface area (Å²) in [5.41, 5.74) is 1.48. The predicted octanol–water partition coefficient (Wildman–Crippen LogP) is 2.70. The topological polar surface area (TPSA) is 49.4 Å². The Balaban J connectivity index is 2.26. The Kier molecular flexibility index (Phi) is 4.02. The SMILES string of the molecule is CCS(=O)(=O)Nc1cc(N2CCCC2)ccc1Cl. The Bertz CT molecular complexity index is 525. The Morgan fingerprint density at radius 3 is 2.61 bits per heavy atom. The van der Waals surface area contributed by atoms with Gasteiger partial charge in [-0.15, -0.1) is 0 Å². The minimum absolute atomic E-state index is 0.0390. The molecule has 1 N–H and O–H groups in total. The number of hydrogen-bond donors (Lipinski definition) is 1. The van der Waals surface area contributed by atoms with Gasteiger partial charge in [0.05, 0.1) is 16.5 Å². The van der Waals surface area contributed by atoms with Gasteiger partial charge in [-0.3, -0.25) is 4.72 Å². The molecular formula is C12H17ClN2O2S. The summed E-state index contributed by atoms with van der Waals surface area (Å²) in [6.45, 7) is 3.63. The van der Waals surface area contributed by atoms with Gasteiger partial charge < -0.3 is 4.90 Å². The van der Waals surface area contributed by atoms with Crippen LogP contribution >= 0.6 is 11.6 Å². The van der Waals surface area contributed by atoms with E-state index in [2.05, 4.69) is 9.62 Å². The maximum Gasteiger partial charge on any atom is 0.232 e. The first-order chi connectivity index (χ1) is 8.52. The molecule has 0 saturated carbocycles. The Morgan fingerprint density at radius 1 is 1.33 bits per heavy atom. The molecule has 0 atom stereocenters. The molecule has 100 valence electrons. The third kappa shape index (κ3) is 3.09. The monoisotopic (exact) mass is 288 g/mol. The van der Waals surface area contributed by atoms with Crippen LogP contribution < -0.4 is 9.62 Å². The van der Waals surface area contributed by atoms with Crippen LogP contribution in [0.5, 0.6) is 0 Å². The molecule has 0 unspecified atom stereocenters. The van der Waals surface area contributed by atoms with Crippen LogP contribution in [-0.4, -0.2) is 27.3 Å². The Labute approximate surface area is 113 Å². The molecule has 0 radical (unpaired) electrons. The number of hydrogen-bond acceptors (Lipinski definition) is 3. The summed E-state index contributed by atoms with van der Waals surface area (Å²) < 4.78 is 25.7. The van der Waals surface area contributed by atoms with E-state index in [4.69, 9.17) is 11.6 Å². The number of halogens is 1. The average molecular weight is 289 g/mol. The highest BCUT2D eigenvalue weighted by Gasteiger charge is 2.15. The molecule has 0 amide bonds. The molecule has 1 saturated heterocycles. The van der Waals surface area contributed by atoms with Crippen LogP contribution in [0, 0.1) is 0 Å². The standard InChI is InChI=1S/C12H17ClN2O2S/c1-2-18(16,17)14-12-9-10(5-6-11(12)13)15-7-3-4-8-15/h5-6,9,14H,2-4,7-8H2,1H3. The second-order valence-corrected chi connectivity index (χ2v) is 6.78. The zero-order chi connectivity index (χ0) is 13.2. The van der Waals surface area contributed by atoms with Crippen LogP contribution in [0.15, 0.2) is 18.2 Å². The summed E-state index contributed by atoms with van der Waals surface area (Å²) in [6, 6.07) is 5.47. The van der Waals surface area contributed by atoms with E-state index in [-0.39, 0.29) is 5.75 Å². The van der Waals surface area contributed by atoms with E-state index in [0.717, 1.165) is 18.8 Å². The molecule has 2 rings (SSSR count). The first kappa shape index (κ1) is 13.5. The lowest BCUT2D eigenvalue weighted by Gasteiger charge is -2.19. The number of anilines is 2. The third-order valence-corrected chi connectivity index (χ3v) is 4.69. The smallest absolute Gasteiger partial charge is 0.232 e. The fourth-order valence-electron chi connectivity index (χ4n) is 2.00. The highest BCUT2D eigenvalue weighted by Crippen LogP contribution is 2.30. The van der Waals surface area contributed by atoms with Crippen LogP contribution in [0.1, 0.15) is 19.8 Å². The van der Waals surface area contributed by atoms with Crippen LogP contribution in [0.4, 0.5) is 11.4 Å².